The van der Waals surface area contributed by atoms with E-state index in [1.165, 1.54) is 5.57 Å². The van der Waals surface area contributed by atoms with Crippen LogP contribution >= 0.6 is 10.7 Å². The van der Waals surface area contributed by atoms with E-state index in [0.717, 1.165) is 59.1 Å². The number of ether oxygens (including phenoxy) is 2. The number of rotatable bonds is 12. The lowest BCUT2D eigenvalue weighted by atomic mass is 9.96. The van der Waals surface area contributed by atoms with Gasteiger partial charge in [0.2, 0.25) is 0 Å². The Bertz CT molecular complexity index is 1720. The van der Waals surface area contributed by atoms with Gasteiger partial charge in [-0.3, -0.25) is 4.90 Å². The van der Waals surface area contributed by atoms with Crippen LogP contribution in [-0.4, -0.2) is 54.6 Å². The van der Waals surface area contributed by atoms with Gasteiger partial charge in [0.25, 0.3) is 0 Å². The number of nitrogens with one attached hydrogen (secondary N) is 3. The van der Waals surface area contributed by atoms with Crippen LogP contribution in [0.15, 0.2) is 108 Å². The lowest BCUT2D eigenvalue weighted by Crippen LogP contribution is -2.48. The second kappa shape index (κ2) is 12.7. The zero-order chi connectivity index (χ0) is 29.8. The van der Waals surface area contributed by atoms with Crippen molar-refractivity contribution in [2.75, 3.05) is 49.2 Å². The summed E-state index contributed by atoms with van der Waals surface area (Å²) in [5.74, 6) is 7.40. The fourth-order valence-corrected chi connectivity index (χ4v) is 6.19. The molecule has 0 amide bonds. The molecule has 4 aromatic rings. The molecule has 9 heteroatoms. The molecular formula is C34H36N6O2S. The van der Waals surface area contributed by atoms with Crippen LogP contribution in [0.2, 0.25) is 0 Å². The van der Waals surface area contributed by atoms with E-state index in [2.05, 4.69) is 69.1 Å². The minimum absolute atomic E-state index is 0.437. The van der Waals surface area contributed by atoms with Crippen LogP contribution in [-0.2, 0) is 0 Å². The Hall–Kier alpha value is -4.60. The van der Waals surface area contributed by atoms with E-state index in [-0.39, 0.29) is 0 Å². The third-order valence-electron chi connectivity index (χ3n) is 7.55. The molecule has 1 aliphatic heterocycles. The summed E-state index contributed by atoms with van der Waals surface area (Å²) >= 11 is 0. The van der Waals surface area contributed by atoms with Gasteiger partial charge >= 0.3 is 0 Å². The SMILES string of the molecule is C=C(Nc1cccc(S(=C)Nc2nc3ccccc3nc2Nc2cc(OC)cc(OC)c2)c1)C1CN(CC2=CC=CC2)C1. The van der Waals surface area contributed by atoms with Crippen LogP contribution in [0.25, 0.3) is 11.0 Å². The predicted molar refractivity (Wildman–Crippen MR) is 180 cm³/mol. The number of likely N-dealkylation sites (tertiary alicyclic amines) is 1. The summed E-state index contributed by atoms with van der Waals surface area (Å²) in [6, 6.07) is 21.7. The van der Waals surface area contributed by atoms with Crippen molar-refractivity contribution in [2.45, 2.75) is 11.3 Å². The van der Waals surface area contributed by atoms with Gasteiger partial charge in [-0.25, -0.2) is 9.97 Å². The molecule has 2 aliphatic rings. The van der Waals surface area contributed by atoms with Gasteiger partial charge in [0.15, 0.2) is 11.6 Å². The summed E-state index contributed by atoms with van der Waals surface area (Å²) in [5.41, 5.74) is 5.87. The Morgan fingerprint density at radius 2 is 1.65 bits per heavy atom. The van der Waals surface area contributed by atoms with Crippen molar-refractivity contribution in [3.8, 4) is 11.5 Å². The summed E-state index contributed by atoms with van der Waals surface area (Å²) in [6.07, 6.45) is 7.67. The molecule has 1 saturated heterocycles. The highest BCUT2D eigenvalue weighted by Gasteiger charge is 2.29. The number of para-hydroxylation sites is 2. The van der Waals surface area contributed by atoms with Crippen molar-refractivity contribution >= 4 is 50.6 Å². The zero-order valence-corrected chi connectivity index (χ0v) is 25.3. The molecule has 1 aromatic heterocycles. The summed E-state index contributed by atoms with van der Waals surface area (Å²) in [6.45, 7) is 7.45. The first-order valence-electron chi connectivity index (χ1n) is 14.2. The summed E-state index contributed by atoms with van der Waals surface area (Å²) in [7, 11) is 2.63. The number of benzene rings is 3. The Morgan fingerprint density at radius 3 is 2.33 bits per heavy atom. The minimum Gasteiger partial charge on any atom is -0.497 e. The molecule has 0 spiro atoms. The van der Waals surface area contributed by atoms with Crippen LogP contribution in [0.4, 0.5) is 23.0 Å². The standard InChI is InChI=1S/C34H36N6O2S/c1-23(25-21-40(22-25)20-24-10-5-6-11-24)35-26-12-9-13-30(18-26)43(4)39-34-33(37-31-14-7-8-15-32(31)38-34)36-27-16-28(41-2)19-29(17-27)42-3/h5-10,12-19,25,35H,1,4,11,20-22H2,2-3H3,(H,36,37)(H,38,39). The van der Waals surface area contributed by atoms with Crippen molar-refractivity contribution in [1.82, 2.24) is 14.9 Å². The molecular weight excluding hydrogens is 556 g/mol. The highest BCUT2D eigenvalue weighted by atomic mass is 32.2. The number of hydrogen-bond acceptors (Lipinski definition) is 8. The van der Waals surface area contributed by atoms with E-state index in [1.54, 1.807) is 14.2 Å². The summed E-state index contributed by atoms with van der Waals surface area (Å²) in [4.78, 5) is 13.3. The first-order chi connectivity index (χ1) is 21.0. The number of hydrogen-bond donors (Lipinski definition) is 3. The van der Waals surface area contributed by atoms with E-state index in [1.807, 2.05) is 48.5 Å². The molecule has 43 heavy (non-hydrogen) atoms. The fraction of sp³-hybridized carbons (Fsp3) is 0.206. The molecule has 1 fully saturated rings. The van der Waals surface area contributed by atoms with Gasteiger partial charge in [0, 0.05) is 65.7 Å². The molecule has 6 rings (SSSR count). The molecule has 3 N–H and O–H groups in total. The molecule has 0 radical (unpaired) electrons. The van der Waals surface area contributed by atoms with Gasteiger partial charge in [-0.2, -0.15) is 0 Å². The third-order valence-corrected chi connectivity index (χ3v) is 8.82. The maximum absolute atomic E-state index is 5.45. The van der Waals surface area contributed by atoms with Gasteiger partial charge in [0.05, 0.1) is 25.3 Å². The first-order valence-corrected chi connectivity index (χ1v) is 15.6. The highest BCUT2D eigenvalue weighted by Crippen LogP contribution is 2.35. The Labute approximate surface area is 255 Å². The van der Waals surface area contributed by atoms with E-state index in [4.69, 9.17) is 19.4 Å². The second-order valence-corrected chi connectivity index (χ2v) is 12.1. The lowest BCUT2D eigenvalue weighted by Gasteiger charge is -2.40. The Morgan fingerprint density at radius 1 is 0.930 bits per heavy atom. The van der Waals surface area contributed by atoms with Crippen LogP contribution in [0, 0.1) is 5.92 Å². The van der Waals surface area contributed by atoms with Crippen molar-refractivity contribution in [3.63, 3.8) is 0 Å². The predicted octanol–water partition coefficient (Wildman–Crippen LogP) is 7.22. The van der Waals surface area contributed by atoms with Crippen molar-refractivity contribution < 1.29 is 9.47 Å². The average molecular weight is 593 g/mol. The Balaban J connectivity index is 1.16. The molecule has 0 saturated carbocycles. The summed E-state index contributed by atoms with van der Waals surface area (Å²) in [5, 5.41) is 6.95. The molecule has 8 nitrogen and oxygen atoms in total. The number of anilines is 4. The largest absolute Gasteiger partial charge is 0.497 e. The maximum Gasteiger partial charge on any atom is 0.180 e. The number of allylic oxidation sites excluding steroid dienone is 3. The molecule has 0 bridgehead atoms. The zero-order valence-electron chi connectivity index (χ0n) is 24.5. The van der Waals surface area contributed by atoms with Gasteiger partial charge < -0.3 is 24.8 Å². The van der Waals surface area contributed by atoms with E-state index < -0.39 is 10.7 Å². The van der Waals surface area contributed by atoms with Crippen molar-refractivity contribution in [2.24, 2.45) is 5.92 Å². The smallest absolute Gasteiger partial charge is 0.180 e. The molecule has 3 aromatic carbocycles. The van der Waals surface area contributed by atoms with Crippen molar-refractivity contribution in [1.29, 1.82) is 0 Å². The maximum atomic E-state index is 5.45. The topological polar surface area (TPSA) is 83.6 Å². The van der Waals surface area contributed by atoms with Crippen LogP contribution in [0.3, 0.4) is 0 Å². The van der Waals surface area contributed by atoms with Crippen LogP contribution in [0.1, 0.15) is 6.42 Å². The third kappa shape index (κ3) is 6.74. The van der Waals surface area contributed by atoms with E-state index >= 15 is 0 Å². The monoisotopic (exact) mass is 592 g/mol. The van der Waals surface area contributed by atoms with E-state index in [9.17, 15) is 0 Å². The molecule has 220 valence electrons. The molecule has 2 heterocycles. The van der Waals surface area contributed by atoms with Gasteiger partial charge in [-0.05, 0) is 36.8 Å². The summed E-state index contributed by atoms with van der Waals surface area (Å²) < 4.78 is 14.4. The number of nitrogens with zero attached hydrogens (tertiary/aromatic N) is 3. The lowest BCUT2D eigenvalue weighted by molar-refractivity contribution is 0.137. The normalized spacial score (nSPS) is 15.4. The fourth-order valence-electron chi connectivity index (χ4n) is 5.18. The number of aromatic nitrogens is 2. The highest BCUT2D eigenvalue weighted by molar-refractivity contribution is 8.15. The van der Waals surface area contributed by atoms with Gasteiger partial charge in [-0.15, -0.1) is 0 Å². The van der Waals surface area contributed by atoms with Crippen LogP contribution < -0.4 is 24.8 Å². The minimum atomic E-state index is -0.622. The molecule has 1 aliphatic carbocycles. The quantitative estimate of drug-likeness (QED) is 0.149. The van der Waals surface area contributed by atoms with E-state index in [0.29, 0.717) is 29.1 Å². The first kappa shape index (κ1) is 28.5. The van der Waals surface area contributed by atoms with Crippen molar-refractivity contribution in [3.05, 3.63) is 103 Å². The second-order valence-electron chi connectivity index (χ2n) is 10.7. The average Bonchev–Trinajstić information content (AvgIpc) is 3.52. The number of fused-ring (bicyclic) bond motifs is 1. The molecule has 1 unspecified atom stereocenters. The van der Waals surface area contributed by atoms with Gasteiger partial charge in [0.1, 0.15) is 11.5 Å². The number of methoxy groups -OCH3 is 2. The van der Waals surface area contributed by atoms with Crippen LogP contribution in [0.5, 0.6) is 11.5 Å². The molecule has 1 atom stereocenters. The van der Waals surface area contributed by atoms with Gasteiger partial charge in [-0.1, -0.05) is 65.1 Å². The Kier molecular flexibility index (Phi) is 8.44.